The predicted molar refractivity (Wildman–Crippen MR) is 103 cm³/mol. The Morgan fingerprint density at radius 2 is 2.04 bits per heavy atom. The number of fused-ring (bicyclic) bond motifs is 1. The summed E-state index contributed by atoms with van der Waals surface area (Å²) in [6.07, 6.45) is 4.22. The van der Waals surface area contributed by atoms with E-state index in [1.165, 1.54) is 39.8 Å². The van der Waals surface area contributed by atoms with E-state index >= 15 is 0 Å². The number of carbonyl (C=O) groups excluding carboxylic acids is 1. The van der Waals surface area contributed by atoms with Gasteiger partial charge in [0.2, 0.25) is 15.9 Å². The molecule has 144 valence electrons. The lowest BCUT2D eigenvalue weighted by atomic mass is 10.2. The van der Waals surface area contributed by atoms with E-state index in [0.29, 0.717) is 30.3 Å². The van der Waals surface area contributed by atoms with Gasteiger partial charge in [-0.1, -0.05) is 0 Å². The molecule has 1 atom stereocenters. The molecule has 1 aliphatic carbocycles. The number of ether oxygens (including phenoxy) is 1. The monoisotopic (exact) mass is 407 g/mol. The first kappa shape index (κ1) is 18.4. The Morgan fingerprint density at radius 3 is 2.74 bits per heavy atom. The van der Waals surface area contributed by atoms with Crippen LogP contribution < -0.4 is 10.1 Å². The van der Waals surface area contributed by atoms with Crippen LogP contribution in [0.5, 0.6) is 5.75 Å². The first-order valence-corrected chi connectivity index (χ1v) is 11.2. The number of methoxy groups -OCH3 is 1. The van der Waals surface area contributed by atoms with Gasteiger partial charge in [0, 0.05) is 11.4 Å². The highest BCUT2D eigenvalue weighted by molar-refractivity contribution is 7.89. The van der Waals surface area contributed by atoms with Crippen LogP contribution in [0.25, 0.3) is 0 Å². The van der Waals surface area contributed by atoms with Crippen molar-refractivity contribution < 1.29 is 17.9 Å². The smallest absolute Gasteiger partial charge is 0.244 e. The molecule has 2 aliphatic rings. The molecule has 1 saturated heterocycles. The van der Waals surface area contributed by atoms with Gasteiger partial charge in [-0.05, 0) is 56.4 Å². The minimum absolute atomic E-state index is 0.163. The third-order valence-corrected chi connectivity index (χ3v) is 7.99. The molecule has 0 unspecified atom stereocenters. The van der Waals surface area contributed by atoms with Crippen molar-refractivity contribution in [3.05, 3.63) is 34.8 Å². The summed E-state index contributed by atoms with van der Waals surface area (Å²) in [5.74, 6) is 0.276. The maximum absolute atomic E-state index is 13.0. The Bertz CT molecular complexity index is 932. The van der Waals surface area contributed by atoms with Crippen molar-refractivity contribution >= 4 is 32.4 Å². The molecule has 1 aliphatic heterocycles. The van der Waals surface area contributed by atoms with E-state index in [2.05, 4.69) is 10.3 Å². The highest BCUT2D eigenvalue weighted by Gasteiger charge is 2.39. The summed E-state index contributed by atoms with van der Waals surface area (Å²) >= 11 is 1.49. The van der Waals surface area contributed by atoms with Crippen LogP contribution >= 0.6 is 11.3 Å². The Morgan fingerprint density at radius 1 is 1.26 bits per heavy atom. The van der Waals surface area contributed by atoms with Crippen LogP contribution in [0.3, 0.4) is 0 Å². The zero-order chi connectivity index (χ0) is 19.0. The molecule has 0 saturated carbocycles. The fraction of sp³-hybridized carbons (Fsp3) is 0.444. The van der Waals surface area contributed by atoms with Crippen LogP contribution in [-0.4, -0.2) is 43.3 Å². The first-order valence-electron chi connectivity index (χ1n) is 8.94. The highest BCUT2D eigenvalue weighted by atomic mass is 32.2. The fourth-order valence-electron chi connectivity index (χ4n) is 3.61. The van der Waals surface area contributed by atoms with Gasteiger partial charge in [0.15, 0.2) is 5.13 Å². The average molecular weight is 408 g/mol. The van der Waals surface area contributed by atoms with E-state index in [-0.39, 0.29) is 10.8 Å². The number of aromatic nitrogens is 1. The molecule has 1 N–H and O–H groups in total. The van der Waals surface area contributed by atoms with Gasteiger partial charge >= 0.3 is 0 Å². The van der Waals surface area contributed by atoms with Crippen molar-refractivity contribution in [2.45, 2.75) is 43.0 Å². The average Bonchev–Trinajstić information content (AvgIpc) is 3.37. The summed E-state index contributed by atoms with van der Waals surface area (Å²) in [5, 5.41) is 3.40. The lowest BCUT2D eigenvalue weighted by molar-refractivity contribution is -0.119. The molecule has 0 spiro atoms. The van der Waals surface area contributed by atoms with Gasteiger partial charge in [0.25, 0.3) is 0 Å². The van der Waals surface area contributed by atoms with Gasteiger partial charge in [0.1, 0.15) is 11.8 Å². The quantitative estimate of drug-likeness (QED) is 0.822. The number of anilines is 1. The summed E-state index contributed by atoms with van der Waals surface area (Å²) < 4.78 is 32.4. The number of nitrogens with zero attached hydrogens (tertiary/aromatic N) is 2. The Kier molecular flexibility index (Phi) is 4.92. The summed E-state index contributed by atoms with van der Waals surface area (Å²) in [4.78, 5) is 18.6. The third-order valence-electron chi connectivity index (χ3n) is 5.00. The highest BCUT2D eigenvalue weighted by Crippen LogP contribution is 2.32. The first-order chi connectivity index (χ1) is 13.0. The predicted octanol–water partition coefficient (Wildman–Crippen LogP) is 2.43. The van der Waals surface area contributed by atoms with Crippen molar-refractivity contribution in [3.63, 3.8) is 0 Å². The molecular weight excluding hydrogens is 386 g/mol. The van der Waals surface area contributed by atoms with Crippen LogP contribution in [0.15, 0.2) is 29.2 Å². The summed E-state index contributed by atoms with van der Waals surface area (Å²) in [6, 6.07) is 5.51. The van der Waals surface area contributed by atoms with Crippen LogP contribution in [0, 0.1) is 0 Å². The van der Waals surface area contributed by atoms with Gasteiger partial charge in [-0.25, -0.2) is 13.4 Å². The van der Waals surface area contributed by atoms with Gasteiger partial charge in [-0.3, -0.25) is 4.79 Å². The van der Waals surface area contributed by atoms with Crippen LogP contribution in [0.2, 0.25) is 0 Å². The van der Waals surface area contributed by atoms with E-state index in [1.807, 2.05) is 0 Å². The van der Waals surface area contributed by atoms with Gasteiger partial charge in [-0.15, -0.1) is 11.3 Å². The number of aryl methyl sites for hydroxylation is 2. The van der Waals surface area contributed by atoms with E-state index in [9.17, 15) is 13.2 Å². The van der Waals surface area contributed by atoms with Crippen LogP contribution in [0.1, 0.15) is 29.8 Å². The maximum Gasteiger partial charge on any atom is 0.244 e. The Hall–Kier alpha value is -1.97. The number of hydrogen-bond donors (Lipinski definition) is 1. The Balaban J connectivity index is 1.52. The molecular formula is C18H21N3O4S2. The van der Waals surface area contributed by atoms with E-state index < -0.39 is 16.1 Å². The number of thiazole rings is 1. The summed E-state index contributed by atoms with van der Waals surface area (Å²) in [5.41, 5.74) is 1.06. The second kappa shape index (κ2) is 7.21. The molecule has 2 heterocycles. The standard InChI is InChI=1S/C18H21N3O4S2/c1-25-12-7-9-13(10-8-12)27(23,24)21-11-3-5-15(21)17(22)20-18-19-14-4-2-6-16(14)26-18/h7-10,15H,2-6,11H2,1H3,(H,19,20,22)/t15-/m0/s1. The number of carbonyl (C=O) groups is 1. The molecule has 2 aromatic rings. The van der Waals surface area contributed by atoms with Crippen molar-refractivity contribution in [1.82, 2.24) is 9.29 Å². The zero-order valence-electron chi connectivity index (χ0n) is 15.0. The second-order valence-electron chi connectivity index (χ2n) is 6.68. The fourth-order valence-corrected chi connectivity index (χ4v) is 6.31. The van der Waals surface area contributed by atoms with Crippen molar-refractivity contribution in [2.75, 3.05) is 19.0 Å². The second-order valence-corrected chi connectivity index (χ2v) is 9.66. The molecule has 4 rings (SSSR count). The topological polar surface area (TPSA) is 88.6 Å². The normalized spacial score (nSPS) is 19.8. The zero-order valence-corrected chi connectivity index (χ0v) is 16.6. The molecule has 1 aromatic heterocycles. The number of rotatable bonds is 5. The molecule has 0 bridgehead atoms. The molecule has 27 heavy (non-hydrogen) atoms. The Labute approximate surface area is 162 Å². The minimum atomic E-state index is -3.75. The van der Waals surface area contributed by atoms with Gasteiger partial charge in [0.05, 0.1) is 17.7 Å². The largest absolute Gasteiger partial charge is 0.497 e. The summed E-state index contributed by atoms with van der Waals surface area (Å²) in [6.45, 7) is 0.334. The molecule has 0 radical (unpaired) electrons. The van der Waals surface area contributed by atoms with E-state index in [1.54, 1.807) is 12.1 Å². The number of nitrogens with one attached hydrogen (secondary N) is 1. The molecule has 9 heteroatoms. The molecule has 1 fully saturated rings. The third kappa shape index (κ3) is 3.46. The lowest BCUT2D eigenvalue weighted by Gasteiger charge is -2.23. The number of sulfonamides is 1. The van der Waals surface area contributed by atoms with Gasteiger partial charge in [-0.2, -0.15) is 4.31 Å². The number of amides is 1. The summed E-state index contributed by atoms with van der Waals surface area (Å²) in [7, 11) is -2.22. The molecule has 7 nitrogen and oxygen atoms in total. The van der Waals surface area contributed by atoms with Crippen molar-refractivity contribution in [2.24, 2.45) is 0 Å². The molecule has 1 aromatic carbocycles. The van der Waals surface area contributed by atoms with Crippen molar-refractivity contribution in [3.8, 4) is 5.75 Å². The van der Waals surface area contributed by atoms with E-state index in [4.69, 9.17) is 4.74 Å². The van der Waals surface area contributed by atoms with E-state index in [0.717, 1.165) is 25.0 Å². The lowest BCUT2D eigenvalue weighted by Crippen LogP contribution is -2.43. The number of benzene rings is 1. The van der Waals surface area contributed by atoms with Crippen molar-refractivity contribution in [1.29, 1.82) is 0 Å². The minimum Gasteiger partial charge on any atom is -0.497 e. The SMILES string of the molecule is COc1ccc(S(=O)(=O)N2CCC[C@H]2C(=O)Nc2nc3c(s2)CCC3)cc1. The van der Waals surface area contributed by atoms with Gasteiger partial charge < -0.3 is 10.1 Å². The maximum atomic E-state index is 13.0. The molecule has 1 amide bonds. The van der Waals surface area contributed by atoms with Crippen LogP contribution in [0.4, 0.5) is 5.13 Å². The van der Waals surface area contributed by atoms with Crippen LogP contribution in [-0.2, 0) is 27.7 Å². The number of hydrogen-bond acceptors (Lipinski definition) is 6.